The van der Waals surface area contributed by atoms with Gasteiger partial charge >= 0.3 is 0 Å². The average molecular weight is 296 g/mol. The molecule has 0 heterocycles. The number of hydrogen-bond acceptors (Lipinski definition) is 0. The van der Waals surface area contributed by atoms with Crippen LogP contribution in [0.4, 0.5) is 0 Å². The first kappa shape index (κ1) is 14.0. The van der Waals surface area contributed by atoms with Crippen molar-refractivity contribution in [1.82, 2.24) is 0 Å². The van der Waals surface area contributed by atoms with Gasteiger partial charge in [0.25, 0.3) is 0 Å². The van der Waals surface area contributed by atoms with Crippen molar-refractivity contribution in [2.45, 2.75) is 6.42 Å². The quantitative estimate of drug-likeness (QED) is 0.614. The molecule has 0 aliphatic heterocycles. The summed E-state index contributed by atoms with van der Waals surface area (Å²) in [5.74, 6) is 0.903. The van der Waals surface area contributed by atoms with Gasteiger partial charge in [-0.1, -0.05) is 103 Å². The molecule has 0 saturated carbocycles. The van der Waals surface area contributed by atoms with E-state index in [0.29, 0.717) is 11.8 Å². The summed E-state index contributed by atoms with van der Waals surface area (Å²) in [6, 6.07) is 21.6. The molecule has 112 valence electrons. The fourth-order valence-corrected chi connectivity index (χ4v) is 3.56. The van der Waals surface area contributed by atoms with Gasteiger partial charge in [-0.3, -0.25) is 0 Å². The van der Waals surface area contributed by atoms with E-state index >= 15 is 0 Å². The van der Waals surface area contributed by atoms with Crippen LogP contribution < -0.4 is 0 Å². The Bertz CT molecular complexity index is 747. The van der Waals surface area contributed by atoms with Gasteiger partial charge in [-0.15, -0.1) is 0 Å². The Labute approximate surface area is 138 Å². The molecule has 0 N–H and O–H groups in total. The second-order valence-corrected chi connectivity index (χ2v) is 6.18. The Morgan fingerprint density at radius 2 is 1.26 bits per heavy atom. The van der Waals surface area contributed by atoms with E-state index in [1.165, 1.54) is 22.3 Å². The summed E-state index contributed by atoms with van der Waals surface area (Å²) < 4.78 is 0. The molecule has 0 aromatic heterocycles. The summed E-state index contributed by atoms with van der Waals surface area (Å²) in [6.07, 6.45) is 14.8. The van der Waals surface area contributed by atoms with E-state index in [0.717, 1.165) is 6.42 Å². The maximum absolute atomic E-state index is 2.36. The molecule has 0 radical (unpaired) electrons. The number of allylic oxidation sites excluding steroid dienone is 7. The zero-order valence-corrected chi connectivity index (χ0v) is 13.1. The normalized spacial score (nSPS) is 23.4. The monoisotopic (exact) mass is 296 g/mol. The first-order chi connectivity index (χ1) is 11.4. The molecule has 0 amide bonds. The smallest absolute Gasteiger partial charge is 0.0170 e. The summed E-state index contributed by atoms with van der Waals surface area (Å²) in [5.41, 5.74) is 5.54. The summed E-state index contributed by atoms with van der Waals surface area (Å²) >= 11 is 0. The van der Waals surface area contributed by atoms with Crippen molar-refractivity contribution in [1.29, 1.82) is 0 Å². The van der Waals surface area contributed by atoms with Gasteiger partial charge < -0.3 is 0 Å². The van der Waals surface area contributed by atoms with Crippen molar-refractivity contribution in [3.8, 4) is 0 Å². The third kappa shape index (κ3) is 2.85. The minimum Gasteiger partial charge on any atom is -0.0804 e. The highest BCUT2D eigenvalue weighted by atomic mass is 14.3. The summed E-state index contributed by atoms with van der Waals surface area (Å²) in [6.45, 7) is 0. The Morgan fingerprint density at radius 3 is 1.91 bits per heavy atom. The number of fused-ring (bicyclic) bond motifs is 2. The molecule has 3 aliphatic rings. The van der Waals surface area contributed by atoms with Crippen LogP contribution in [0.1, 0.15) is 17.5 Å². The molecule has 2 atom stereocenters. The second kappa shape index (κ2) is 6.26. The van der Waals surface area contributed by atoms with Gasteiger partial charge in [-0.25, -0.2) is 0 Å². The highest BCUT2D eigenvalue weighted by Gasteiger charge is 2.23. The lowest BCUT2D eigenvalue weighted by atomic mass is 9.77. The molecule has 2 bridgehead atoms. The van der Waals surface area contributed by atoms with E-state index in [9.17, 15) is 0 Å². The van der Waals surface area contributed by atoms with Gasteiger partial charge in [0.2, 0.25) is 0 Å². The average Bonchev–Trinajstić information content (AvgIpc) is 2.58. The van der Waals surface area contributed by atoms with Crippen LogP contribution in [0.5, 0.6) is 0 Å². The largest absolute Gasteiger partial charge is 0.0804 e. The molecule has 0 nitrogen and oxygen atoms in total. The van der Waals surface area contributed by atoms with Crippen LogP contribution in [0.15, 0.2) is 103 Å². The minimum atomic E-state index is 0.395. The van der Waals surface area contributed by atoms with E-state index in [1.54, 1.807) is 0 Å². The molecule has 23 heavy (non-hydrogen) atoms. The zero-order valence-electron chi connectivity index (χ0n) is 13.1. The van der Waals surface area contributed by atoms with Gasteiger partial charge in [-0.05, 0) is 29.0 Å². The summed E-state index contributed by atoms with van der Waals surface area (Å²) in [5, 5.41) is 0. The predicted octanol–water partition coefficient (Wildman–Crippen LogP) is 5.81. The standard InChI is InChI=1S/C23H20/c1-3-11-20(12-4-1)23(21-13-5-2-6-14-21)22-17-18-9-7-8-10-19(22)16-15-18/h1-16,18-19H,17H2/b9-7?,10-8-/t18-,19+/m0/s1. The molecule has 0 heteroatoms. The highest BCUT2D eigenvalue weighted by Crippen LogP contribution is 2.39. The topological polar surface area (TPSA) is 0 Å². The van der Waals surface area contributed by atoms with Gasteiger partial charge in [-0.2, -0.15) is 0 Å². The van der Waals surface area contributed by atoms with Crippen molar-refractivity contribution in [2.24, 2.45) is 11.8 Å². The van der Waals surface area contributed by atoms with E-state index in [4.69, 9.17) is 0 Å². The van der Waals surface area contributed by atoms with Crippen LogP contribution >= 0.6 is 0 Å². The summed E-state index contributed by atoms with van der Waals surface area (Å²) in [7, 11) is 0. The maximum atomic E-state index is 2.36. The zero-order chi connectivity index (χ0) is 15.5. The van der Waals surface area contributed by atoms with Crippen LogP contribution in [-0.4, -0.2) is 0 Å². The molecule has 0 spiro atoms. The van der Waals surface area contributed by atoms with Crippen LogP contribution in [-0.2, 0) is 0 Å². The molecule has 0 fully saturated rings. The minimum absolute atomic E-state index is 0.395. The van der Waals surface area contributed by atoms with Gasteiger partial charge in [0, 0.05) is 5.92 Å². The lowest BCUT2D eigenvalue weighted by Gasteiger charge is -2.28. The van der Waals surface area contributed by atoms with Gasteiger partial charge in [0.1, 0.15) is 0 Å². The molecule has 0 saturated heterocycles. The van der Waals surface area contributed by atoms with Gasteiger partial charge in [0.15, 0.2) is 0 Å². The van der Waals surface area contributed by atoms with Crippen molar-refractivity contribution >= 4 is 5.57 Å². The van der Waals surface area contributed by atoms with E-state index in [2.05, 4.69) is 97.1 Å². The third-order valence-electron chi connectivity index (χ3n) is 4.66. The number of rotatable bonds is 2. The Balaban J connectivity index is 1.94. The fourth-order valence-electron chi connectivity index (χ4n) is 3.56. The number of hydrogen-bond donors (Lipinski definition) is 0. The third-order valence-corrected chi connectivity index (χ3v) is 4.66. The lowest BCUT2D eigenvalue weighted by molar-refractivity contribution is 0.696. The van der Waals surface area contributed by atoms with Crippen LogP contribution in [0.2, 0.25) is 0 Å². The maximum Gasteiger partial charge on any atom is 0.0170 e. The molecule has 3 aliphatic carbocycles. The SMILES string of the molecule is C1=C[C@H]2C=C[C@@H](/C=C\1)C(=C(c1ccccc1)c1ccccc1)C2. The Kier molecular flexibility index (Phi) is 3.81. The predicted molar refractivity (Wildman–Crippen MR) is 97.9 cm³/mol. The number of benzene rings is 2. The molecular formula is C23H20. The molecule has 5 rings (SSSR count). The molecule has 2 aromatic rings. The first-order valence-corrected chi connectivity index (χ1v) is 8.29. The van der Waals surface area contributed by atoms with Crippen LogP contribution in [0.3, 0.4) is 0 Å². The van der Waals surface area contributed by atoms with E-state index in [1.807, 2.05) is 0 Å². The van der Waals surface area contributed by atoms with Crippen LogP contribution in [0, 0.1) is 11.8 Å². The molecule has 0 unspecified atom stereocenters. The highest BCUT2D eigenvalue weighted by molar-refractivity contribution is 5.83. The Hall–Kier alpha value is -2.60. The van der Waals surface area contributed by atoms with Gasteiger partial charge in [0.05, 0.1) is 0 Å². The fraction of sp³-hybridized carbons (Fsp3) is 0.130. The van der Waals surface area contributed by atoms with Crippen molar-refractivity contribution < 1.29 is 0 Å². The summed E-state index contributed by atoms with van der Waals surface area (Å²) in [4.78, 5) is 0. The lowest BCUT2D eigenvalue weighted by Crippen LogP contribution is -2.13. The van der Waals surface area contributed by atoms with Crippen LogP contribution in [0.25, 0.3) is 5.57 Å². The molecular weight excluding hydrogens is 276 g/mol. The Morgan fingerprint density at radius 1 is 0.652 bits per heavy atom. The van der Waals surface area contributed by atoms with Crippen molar-refractivity contribution in [2.75, 3.05) is 0 Å². The first-order valence-electron chi connectivity index (χ1n) is 8.29. The molecule has 2 aromatic carbocycles. The van der Waals surface area contributed by atoms with E-state index < -0.39 is 0 Å². The van der Waals surface area contributed by atoms with Crippen molar-refractivity contribution in [3.05, 3.63) is 114 Å². The second-order valence-electron chi connectivity index (χ2n) is 6.18. The van der Waals surface area contributed by atoms with E-state index in [-0.39, 0.29) is 0 Å². The van der Waals surface area contributed by atoms with Crippen molar-refractivity contribution in [3.63, 3.8) is 0 Å².